The molecule has 1 aliphatic heterocycles. The van der Waals surface area contributed by atoms with Gasteiger partial charge in [-0.1, -0.05) is 13.8 Å². The maximum Gasteiger partial charge on any atom is 0.435 e. The zero-order chi connectivity index (χ0) is 17.9. The fourth-order valence-electron chi connectivity index (χ4n) is 2.68. The summed E-state index contributed by atoms with van der Waals surface area (Å²) in [6.45, 7) is 6.10. The van der Waals surface area contributed by atoms with Crippen molar-refractivity contribution in [3.8, 4) is 0 Å². The van der Waals surface area contributed by atoms with Gasteiger partial charge in [-0.3, -0.25) is 9.67 Å². The molecule has 1 saturated heterocycles. The van der Waals surface area contributed by atoms with Crippen LogP contribution in [0.4, 0.5) is 13.2 Å². The van der Waals surface area contributed by atoms with Crippen molar-refractivity contribution in [2.75, 3.05) is 25.9 Å². The first-order valence-electron chi connectivity index (χ1n) is 7.89. The maximum absolute atomic E-state index is 13.0. The lowest BCUT2D eigenvalue weighted by molar-refractivity contribution is -0.142. The molecular formula is C15H24F3N5S. The molecule has 0 amide bonds. The van der Waals surface area contributed by atoms with Crippen LogP contribution in [0, 0.1) is 5.92 Å². The van der Waals surface area contributed by atoms with E-state index in [-0.39, 0.29) is 12.1 Å². The highest BCUT2D eigenvalue weighted by Crippen LogP contribution is 2.30. The molecule has 5 nitrogen and oxygen atoms in total. The minimum Gasteiger partial charge on any atom is -0.352 e. The molecule has 0 aromatic carbocycles. The van der Waals surface area contributed by atoms with Crippen molar-refractivity contribution in [1.29, 1.82) is 0 Å². The lowest BCUT2D eigenvalue weighted by atomic mass is 10.1. The summed E-state index contributed by atoms with van der Waals surface area (Å²) in [7, 11) is 3.14. The summed E-state index contributed by atoms with van der Waals surface area (Å²) in [4.78, 5) is 6.35. The molecule has 1 unspecified atom stereocenters. The number of aromatic nitrogens is 2. The first-order valence-corrected chi connectivity index (χ1v) is 8.94. The van der Waals surface area contributed by atoms with Crippen molar-refractivity contribution < 1.29 is 13.2 Å². The highest BCUT2D eigenvalue weighted by atomic mass is 32.2. The quantitative estimate of drug-likeness (QED) is 0.662. The van der Waals surface area contributed by atoms with Crippen LogP contribution in [0.5, 0.6) is 0 Å². The van der Waals surface area contributed by atoms with Crippen LogP contribution in [0.2, 0.25) is 0 Å². The fraction of sp³-hybridized carbons (Fsp3) is 0.733. The molecule has 1 N–H and O–H groups in total. The molecule has 1 fully saturated rings. The van der Waals surface area contributed by atoms with Crippen molar-refractivity contribution in [3.63, 3.8) is 0 Å². The number of aryl methyl sites for hydroxylation is 1. The smallest absolute Gasteiger partial charge is 0.352 e. The lowest BCUT2D eigenvalue weighted by Crippen LogP contribution is -2.48. The van der Waals surface area contributed by atoms with Crippen molar-refractivity contribution in [2.45, 2.75) is 31.8 Å². The van der Waals surface area contributed by atoms with Crippen LogP contribution in [-0.4, -0.2) is 51.8 Å². The Balaban J connectivity index is 2.05. The molecule has 0 saturated carbocycles. The molecule has 0 radical (unpaired) electrons. The topological polar surface area (TPSA) is 45.5 Å². The average Bonchev–Trinajstić information content (AvgIpc) is 2.89. The van der Waals surface area contributed by atoms with E-state index in [9.17, 15) is 13.2 Å². The molecule has 2 heterocycles. The Morgan fingerprint density at radius 1 is 1.50 bits per heavy atom. The minimum absolute atomic E-state index is 0.0470. The SMILES string of the molecule is CN=C(NCc1cn(C)nc1C(F)(F)F)N1CCSC(C(C)C)C1. The van der Waals surface area contributed by atoms with Crippen LogP contribution in [0.1, 0.15) is 25.1 Å². The predicted molar refractivity (Wildman–Crippen MR) is 91.1 cm³/mol. The molecule has 24 heavy (non-hydrogen) atoms. The number of nitrogens with zero attached hydrogens (tertiary/aromatic N) is 4. The minimum atomic E-state index is -4.45. The van der Waals surface area contributed by atoms with Gasteiger partial charge in [-0.25, -0.2) is 0 Å². The fourth-order valence-corrected chi connectivity index (χ4v) is 3.98. The highest BCUT2D eigenvalue weighted by Gasteiger charge is 2.37. The van der Waals surface area contributed by atoms with E-state index in [2.05, 4.69) is 34.2 Å². The van der Waals surface area contributed by atoms with Crippen LogP contribution in [0.25, 0.3) is 0 Å². The Labute approximate surface area is 144 Å². The summed E-state index contributed by atoms with van der Waals surface area (Å²) in [6, 6.07) is 0. The lowest BCUT2D eigenvalue weighted by Gasteiger charge is -2.36. The van der Waals surface area contributed by atoms with Gasteiger partial charge in [0.15, 0.2) is 11.7 Å². The van der Waals surface area contributed by atoms with Gasteiger partial charge in [0, 0.05) is 56.5 Å². The summed E-state index contributed by atoms with van der Waals surface area (Å²) in [5, 5.41) is 7.08. The van der Waals surface area contributed by atoms with Crippen LogP contribution >= 0.6 is 11.8 Å². The number of aliphatic imine (C=N–C) groups is 1. The Morgan fingerprint density at radius 3 is 2.79 bits per heavy atom. The molecule has 1 aromatic heterocycles. The van der Waals surface area contributed by atoms with E-state index in [1.807, 2.05) is 11.8 Å². The third kappa shape index (κ3) is 4.58. The van der Waals surface area contributed by atoms with Crippen molar-refractivity contribution >= 4 is 17.7 Å². The summed E-state index contributed by atoms with van der Waals surface area (Å²) < 4.78 is 40.2. The van der Waals surface area contributed by atoms with Crippen LogP contribution in [-0.2, 0) is 19.8 Å². The molecule has 0 spiro atoms. The second-order valence-electron chi connectivity index (χ2n) is 6.17. The van der Waals surface area contributed by atoms with Crippen LogP contribution < -0.4 is 5.32 Å². The average molecular weight is 363 g/mol. The third-order valence-corrected chi connectivity index (χ3v) is 5.50. The Hall–Kier alpha value is -1.38. The maximum atomic E-state index is 13.0. The second kappa shape index (κ2) is 7.67. The van der Waals surface area contributed by atoms with E-state index < -0.39 is 11.9 Å². The van der Waals surface area contributed by atoms with Gasteiger partial charge in [0.2, 0.25) is 0 Å². The highest BCUT2D eigenvalue weighted by molar-refractivity contribution is 8.00. The summed E-state index contributed by atoms with van der Waals surface area (Å²) in [6.07, 6.45) is -3.06. The van der Waals surface area contributed by atoms with Crippen molar-refractivity contribution in [2.24, 2.45) is 18.0 Å². The number of guanidine groups is 1. The Kier molecular flexibility index (Phi) is 6.06. The summed E-state index contributed by atoms with van der Waals surface area (Å²) >= 11 is 1.94. The number of thioether (sulfide) groups is 1. The van der Waals surface area contributed by atoms with E-state index in [0.717, 1.165) is 18.8 Å². The summed E-state index contributed by atoms with van der Waals surface area (Å²) in [5.41, 5.74) is -0.722. The molecule has 2 rings (SSSR count). The van der Waals surface area contributed by atoms with Gasteiger partial charge in [-0.05, 0) is 5.92 Å². The van der Waals surface area contributed by atoms with Gasteiger partial charge < -0.3 is 10.2 Å². The standard InChI is InChI=1S/C15H24F3N5S/c1-10(2)12-9-23(5-6-24-12)14(19-3)20-7-11-8-22(4)21-13(11)15(16,17)18/h8,10,12H,5-7,9H2,1-4H3,(H,19,20). The zero-order valence-electron chi connectivity index (χ0n) is 14.4. The first kappa shape index (κ1) is 19.0. The normalized spacial score (nSPS) is 19.9. The van der Waals surface area contributed by atoms with Gasteiger partial charge >= 0.3 is 6.18 Å². The third-order valence-electron chi connectivity index (χ3n) is 3.96. The molecular weight excluding hydrogens is 339 g/mol. The molecule has 0 aliphatic carbocycles. The zero-order valence-corrected chi connectivity index (χ0v) is 15.2. The number of rotatable bonds is 3. The Bertz CT molecular complexity index is 582. The summed E-state index contributed by atoms with van der Waals surface area (Å²) in [5.74, 6) is 2.17. The molecule has 1 atom stereocenters. The van der Waals surface area contributed by atoms with Gasteiger partial charge in [-0.15, -0.1) is 0 Å². The van der Waals surface area contributed by atoms with E-state index in [4.69, 9.17) is 0 Å². The molecule has 1 aliphatic rings. The van der Waals surface area contributed by atoms with E-state index >= 15 is 0 Å². The predicted octanol–water partition coefficient (Wildman–Crippen LogP) is 2.59. The molecule has 136 valence electrons. The van der Waals surface area contributed by atoms with Crippen molar-refractivity contribution in [1.82, 2.24) is 20.0 Å². The van der Waals surface area contributed by atoms with Crippen LogP contribution in [0.3, 0.4) is 0 Å². The van der Waals surface area contributed by atoms with E-state index in [1.165, 1.54) is 17.9 Å². The number of nitrogens with one attached hydrogen (secondary N) is 1. The molecule has 0 bridgehead atoms. The van der Waals surface area contributed by atoms with Gasteiger partial charge in [0.05, 0.1) is 0 Å². The van der Waals surface area contributed by atoms with E-state index in [0.29, 0.717) is 17.1 Å². The van der Waals surface area contributed by atoms with E-state index in [1.54, 1.807) is 7.05 Å². The molecule has 9 heteroatoms. The second-order valence-corrected chi connectivity index (χ2v) is 7.52. The van der Waals surface area contributed by atoms with Gasteiger partial charge in [-0.2, -0.15) is 30.0 Å². The van der Waals surface area contributed by atoms with Crippen molar-refractivity contribution in [3.05, 3.63) is 17.5 Å². The number of alkyl halides is 3. The number of hydrogen-bond donors (Lipinski definition) is 1. The van der Waals surface area contributed by atoms with Gasteiger partial charge in [0.25, 0.3) is 0 Å². The largest absolute Gasteiger partial charge is 0.435 e. The Morgan fingerprint density at radius 2 is 2.21 bits per heavy atom. The molecule has 1 aromatic rings. The number of hydrogen-bond acceptors (Lipinski definition) is 3. The first-order chi connectivity index (χ1) is 11.2. The monoisotopic (exact) mass is 363 g/mol. The number of halogens is 3. The van der Waals surface area contributed by atoms with Gasteiger partial charge in [0.1, 0.15) is 0 Å². The van der Waals surface area contributed by atoms with Crippen LogP contribution in [0.15, 0.2) is 11.2 Å².